The largest absolute Gasteiger partial charge is 0.294 e. The van der Waals surface area contributed by atoms with Crippen molar-refractivity contribution in [2.24, 2.45) is 0 Å². The van der Waals surface area contributed by atoms with Crippen molar-refractivity contribution >= 4 is 23.7 Å². The van der Waals surface area contributed by atoms with Gasteiger partial charge in [0.25, 0.3) is 0 Å². The molecule has 1 aromatic heterocycles. The third kappa shape index (κ3) is 6.13. The SMILES string of the molecule is CCC[n+]1cccc(/C=C/C(=O)CC(=O)/C=C/c2ccccc2)c1. The molecule has 3 heteroatoms. The number of hydrogen-bond acceptors (Lipinski definition) is 2. The highest BCUT2D eigenvalue weighted by Gasteiger charge is 2.04. The fourth-order valence-electron chi connectivity index (χ4n) is 2.27. The lowest BCUT2D eigenvalue weighted by Gasteiger charge is -1.95. The lowest BCUT2D eigenvalue weighted by molar-refractivity contribution is -0.697. The van der Waals surface area contributed by atoms with E-state index in [9.17, 15) is 9.59 Å². The molecule has 0 atom stereocenters. The molecule has 0 fully saturated rings. The maximum Gasteiger partial charge on any atom is 0.176 e. The topological polar surface area (TPSA) is 38.0 Å². The van der Waals surface area contributed by atoms with Gasteiger partial charge in [0.1, 0.15) is 6.54 Å². The number of carbonyl (C=O) groups is 2. The molecule has 0 amide bonds. The molecule has 0 aliphatic heterocycles. The van der Waals surface area contributed by atoms with E-state index in [2.05, 4.69) is 11.5 Å². The Balaban J connectivity index is 1.89. The molecule has 1 aromatic carbocycles. The highest BCUT2D eigenvalue weighted by atomic mass is 16.1. The van der Waals surface area contributed by atoms with Crippen LogP contribution in [0.2, 0.25) is 0 Å². The van der Waals surface area contributed by atoms with Crippen LogP contribution in [0, 0.1) is 0 Å². The molecular formula is C21H22NO2+. The Labute approximate surface area is 143 Å². The number of allylic oxidation sites excluding steroid dienone is 2. The minimum Gasteiger partial charge on any atom is -0.294 e. The van der Waals surface area contributed by atoms with Crippen molar-refractivity contribution in [3.63, 3.8) is 0 Å². The van der Waals surface area contributed by atoms with Gasteiger partial charge in [-0.05, 0) is 29.9 Å². The van der Waals surface area contributed by atoms with Gasteiger partial charge in [0.2, 0.25) is 0 Å². The summed E-state index contributed by atoms with van der Waals surface area (Å²) in [5, 5.41) is 0. The number of ketones is 2. The van der Waals surface area contributed by atoms with Gasteiger partial charge in [-0.25, -0.2) is 4.57 Å². The van der Waals surface area contributed by atoms with E-state index >= 15 is 0 Å². The Morgan fingerprint density at radius 3 is 2.21 bits per heavy atom. The van der Waals surface area contributed by atoms with Gasteiger partial charge in [-0.15, -0.1) is 0 Å². The lowest BCUT2D eigenvalue weighted by Crippen LogP contribution is -2.32. The van der Waals surface area contributed by atoms with Crippen LogP contribution in [0.3, 0.4) is 0 Å². The predicted octanol–water partition coefficient (Wildman–Crippen LogP) is 3.64. The van der Waals surface area contributed by atoms with Crippen LogP contribution in [-0.4, -0.2) is 11.6 Å². The molecule has 0 N–H and O–H groups in total. The Morgan fingerprint density at radius 2 is 1.54 bits per heavy atom. The van der Waals surface area contributed by atoms with Gasteiger partial charge < -0.3 is 0 Å². The molecule has 0 aliphatic rings. The van der Waals surface area contributed by atoms with Crippen molar-refractivity contribution in [3.8, 4) is 0 Å². The number of carbonyl (C=O) groups excluding carboxylic acids is 2. The van der Waals surface area contributed by atoms with Gasteiger partial charge in [-0.3, -0.25) is 9.59 Å². The minimum absolute atomic E-state index is 0.109. The van der Waals surface area contributed by atoms with Crippen LogP contribution in [0.1, 0.15) is 30.9 Å². The number of aryl methyl sites for hydroxylation is 1. The van der Waals surface area contributed by atoms with Crippen molar-refractivity contribution in [1.82, 2.24) is 0 Å². The third-order valence-corrected chi connectivity index (χ3v) is 3.43. The van der Waals surface area contributed by atoms with Crippen LogP contribution in [0.15, 0.2) is 67.0 Å². The highest BCUT2D eigenvalue weighted by Crippen LogP contribution is 2.03. The number of benzene rings is 1. The average Bonchev–Trinajstić information content (AvgIpc) is 2.60. The van der Waals surface area contributed by atoms with E-state index in [0.717, 1.165) is 24.1 Å². The highest BCUT2D eigenvalue weighted by molar-refractivity contribution is 6.10. The second-order valence-corrected chi connectivity index (χ2v) is 5.56. The molecule has 0 bridgehead atoms. The van der Waals surface area contributed by atoms with Crippen molar-refractivity contribution in [3.05, 3.63) is 78.1 Å². The van der Waals surface area contributed by atoms with Crippen molar-refractivity contribution in [2.75, 3.05) is 0 Å². The molecule has 0 spiro atoms. The molecule has 0 saturated heterocycles. The fourth-order valence-corrected chi connectivity index (χ4v) is 2.27. The monoisotopic (exact) mass is 320 g/mol. The molecular weight excluding hydrogens is 298 g/mol. The molecule has 3 nitrogen and oxygen atoms in total. The van der Waals surface area contributed by atoms with Gasteiger partial charge in [-0.1, -0.05) is 43.3 Å². The van der Waals surface area contributed by atoms with Gasteiger partial charge >= 0.3 is 0 Å². The zero-order valence-corrected chi connectivity index (χ0v) is 13.9. The smallest absolute Gasteiger partial charge is 0.176 e. The summed E-state index contributed by atoms with van der Waals surface area (Å²) in [6, 6.07) is 13.4. The summed E-state index contributed by atoms with van der Waals surface area (Å²) in [5.41, 5.74) is 1.89. The second kappa shape index (κ2) is 9.36. The number of aromatic nitrogens is 1. The molecule has 0 saturated carbocycles. The van der Waals surface area contributed by atoms with Gasteiger partial charge in [0.15, 0.2) is 24.0 Å². The number of hydrogen-bond donors (Lipinski definition) is 0. The zero-order valence-electron chi connectivity index (χ0n) is 13.9. The van der Waals surface area contributed by atoms with Crippen LogP contribution in [0.5, 0.6) is 0 Å². The summed E-state index contributed by atoms with van der Waals surface area (Å²) in [6.07, 6.45) is 11.3. The molecule has 0 unspecified atom stereocenters. The maximum absolute atomic E-state index is 11.9. The van der Waals surface area contributed by atoms with Gasteiger partial charge in [0, 0.05) is 18.1 Å². The average molecular weight is 320 g/mol. The second-order valence-electron chi connectivity index (χ2n) is 5.56. The number of rotatable bonds is 8. The quantitative estimate of drug-likeness (QED) is 0.423. The van der Waals surface area contributed by atoms with Gasteiger partial charge in [0.05, 0.1) is 6.42 Å². The summed E-state index contributed by atoms with van der Waals surface area (Å²) >= 11 is 0. The maximum atomic E-state index is 11.9. The van der Waals surface area contributed by atoms with Crippen LogP contribution in [-0.2, 0) is 16.1 Å². The third-order valence-electron chi connectivity index (χ3n) is 3.43. The van der Waals surface area contributed by atoms with Crippen molar-refractivity contribution in [2.45, 2.75) is 26.3 Å². The first-order valence-corrected chi connectivity index (χ1v) is 8.13. The van der Waals surface area contributed by atoms with Crippen LogP contribution in [0.4, 0.5) is 0 Å². The van der Waals surface area contributed by atoms with E-state index in [1.807, 2.05) is 54.9 Å². The molecule has 122 valence electrons. The Kier molecular flexibility index (Phi) is 6.84. The summed E-state index contributed by atoms with van der Waals surface area (Å²) in [5.74, 6) is -0.383. The van der Waals surface area contributed by atoms with E-state index in [4.69, 9.17) is 0 Å². The zero-order chi connectivity index (χ0) is 17.2. The van der Waals surface area contributed by atoms with Crippen molar-refractivity contribution < 1.29 is 14.2 Å². The molecule has 0 radical (unpaired) electrons. The summed E-state index contributed by atoms with van der Waals surface area (Å²) in [6.45, 7) is 3.06. The Morgan fingerprint density at radius 1 is 0.917 bits per heavy atom. The molecule has 1 heterocycles. The van der Waals surface area contributed by atoms with E-state index in [0.29, 0.717) is 0 Å². The minimum atomic E-state index is -0.192. The molecule has 2 aromatic rings. The summed E-state index contributed by atoms with van der Waals surface area (Å²) in [7, 11) is 0. The first-order chi connectivity index (χ1) is 11.7. The summed E-state index contributed by atoms with van der Waals surface area (Å²) < 4.78 is 2.08. The number of pyridine rings is 1. The first kappa shape index (κ1) is 17.5. The van der Waals surface area contributed by atoms with E-state index < -0.39 is 0 Å². The lowest BCUT2D eigenvalue weighted by atomic mass is 10.1. The molecule has 2 rings (SSSR count). The van der Waals surface area contributed by atoms with E-state index in [1.54, 1.807) is 12.2 Å². The molecule has 24 heavy (non-hydrogen) atoms. The normalized spacial score (nSPS) is 11.2. The number of nitrogens with zero attached hydrogens (tertiary/aromatic N) is 1. The predicted molar refractivity (Wildman–Crippen MR) is 96.1 cm³/mol. The van der Waals surface area contributed by atoms with Crippen LogP contribution >= 0.6 is 0 Å². The van der Waals surface area contributed by atoms with E-state index in [1.165, 1.54) is 12.2 Å². The van der Waals surface area contributed by atoms with Crippen LogP contribution in [0.25, 0.3) is 12.2 Å². The van der Waals surface area contributed by atoms with E-state index in [-0.39, 0.29) is 18.0 Å². The molecule has 0 aliphatic carbocycles. The Bertz CT molecular complexity index is 745. The van der Waals surface area contributed by atoms with Crippen LogP contribution < -0.4 is 4.57 Å². The summed E-state index contributed by atoms with van der Waals surface area (Å²) in [4.78, 5) is 23.7. The van der Waals surface area contributed by atoms with Gasteiger partial charge in [-0.2, -0.15) is 0 Å². The van der Waals surface area contributed by atoms with Crippen molar-refractivity contribution in [1.29, 1.82) is 0 Å². The Hall–Kier alpha value is -2.81. The first-order valence-electron chi connectivity index (χ1n) is 8.13. The standard InChI is InChI=1S/C21H22NO2/c1-2-14-22-15-6-9-19(17-22)11-13-21(24)16-20(23)12-10-18-7-4-3-5-8-18/h3-13,15,17H,2,14,16H2,1H3/q+1/b12-10+,13-11+. The fraction of sp³-hybridized carbons (Fsp3) is 0.190.